The van der Waals surface area contributed by atoms with Crippen molar-refractivity contribution in [3.63, 3.8) is 0 Å². The Hall–Kier alpha value is -2.22. The Labute approximate surface area is 154 Å². The average Bonchev–Trinajstić information content (AvgIpc) is 3.13. The van der Waals surface area contributed by atoms with Crippen LogP contribution in [0.4, 0.5) is 18.0 Å². The summed E-state index contributed by atoms with van der Waals surface area (Å²) in [6.45, 7) is 2.43. The number of hydrogen-bond donors (Lipinski definition) is 1. The molecule has 0 aliphatic rings. The molecule has 4 nitrogen and oxygen atoms in total. The monoisotopic (exact) mass is 386 g/mol. The molecule has 0 aliphatic carbocycles. The number of rotatable bonds is 6. The summed E-state index contributed by atoms with van der Waals surface area (Å²) in [5, 5.41) is 4.85. The quantitative estimate of drug-likeness (QED) is 0.746. The third-order valence-corrected chi connectivity index (χ3v) is 5.02. The summed E-state index contributed by atoms with van der Waals surface area (Å²) in [7, 11) is 1.72. The molecule has 26 heavy (non-hydrogen) atoms. The predicted octanol–water partition coefficient (Wildman–Crippen LogP) is 5.15. The van der Waals surface area contributed by atoms with Gasteiger partial charge in [-0.2, -0.15) is 13.2 Å². The summed E-state index contributed by atoms with van der Waals surface area (Å²) in [6.07, 6.45) is -4.37. The molecule has 1 N–H and O–H groups in total. The maximum atomic E-state index is 12.4. The van der Waals surface area contributed by atoms with Crippen LogP contribution < -0.4 is 10.1 Å². The standard InChI is InChI=1S/C18H21F3N2O2S/c1-12(14-6-8-15(9-7-14)25-11-18(19,20)21)22-17(24)23(3)13(2)16-5-4-10-26-16/h4-10,12-13H,11H2,1-3H3,(H,22,24). The van der Waals surface area contributed by atoms with Gasteiger partial charge in [0.25, 0.3) is 0 Å². The van der Waals surface area contributed by atoms with Crippen molar-refractivity contribution in [1.29, 1.82) is 0 Å². The molecule has 1 aromatic heterocycles. The Morgan fingerprint density at radius 2 is 1.88 bits per heavy atom. The summed E-state index contributed by atoms with van der Waals surface area (Å²) >= 11 is 1.58. The van der Waals surface area contributed by atoms with E-state index in [1.807, 2.05) is 31.4 Å². The zero-order chi connectivity index (χ0) is 19.3. The number of amides is 2. The van der Waals surface area contributed by atoms with E-state index < -0.39 is 12.8 Å². The number of halogens is 3. The number of alkyl halides is 3. The highest BCUT2D eigenvalue weighted by Gasteiger charge is 2.28. The second-order valence-corrected chi connectivity index (χ2v) is 6.93. The fraction of sp³-hybridized carbons (Fsp3) is 0.389. The molecule has 8 heteroatoms. The first kappa shape index (κ1) is 20.1. The highest BCUT2D eigenvalue weighted by Crippen LogP contribution is 2.24. The van der Waals surface area contributed by atoms with Crippen LogP contribution in [0.3, 0.4) is 0 Å². The van der Waals surface area contributed by atoms with Crippen LogP contribution in [0.5, 0.6) is 5.75 Å². The number of nitrogens with zero attached hydrogens (tertiary/aromatic N) is 1. The van der Waals surface area contributed by atoms with Crippen molar-refractivity contribution in [2.75, 3.05) is 13.7 Å². The number of carbonyl (C=O) groups excluding carboxylic acids is 1. The predicted molar refractivity (Wildman–Crippen MR) is 95.4 cm³/mol. The van der Waals surface area contributed by atoms with E-state index in [2.05, 4.69) is 10.1 Å². The average molecular weight is 386 g/mol. The number of nitrogens with one attached hydrogen (secondary N) is 1. The second kappa shape index (κ2) is 8.44. The van der Waals surface area contributed by atoms with Crippen LogP contribution in [0.1, 0.15) is 36.4 Å². The zero-order valence-corrected chi connectivity index (χ0v) is 15.5. The van der Waals surface area contributed by atoms with Gasteiger partial charge in [-0.1, -0.05) is 18.2 Å². The molecule has 2 amide bonds. The van der Waals surface area contributed by atoms with Crippen molar-refractivity contribution in [2.45, 2.75) is 32.1 Å². The lowest BCUT2D eigenvalue weighted by molar-refractivity contribution is -0.153. The van der Waals surface area contributed by atoms with E-state index in [1.54, 1.807) is 35.4 Å². The molecule has 0 saturated heterocycles. The fourth-order valence-corrected chi connectivity index (χ4v) is 3.11. The van der Waals surface area contributed by atoms with E-state index in [-0.39, 0.29) is 23.9 Å². The summed E-state index contributed by atoms with van der Waals surface area (Å²) in [5.74, 6) is 0.132. The van der Waals surface area contributed by atoms with Gasteiger partial charge in [-0.05, 0) is 43.0 Å². The van der Waals surface area contributed by atoms with Crippen molar-refractivity contribution in [3.8, 4) is 5.75 Å². The second-order valence-electron chi connectivity index (χ2n) is 5.95. The van der Waals surface area contributed by atoms with E-state index in [1.165, 1.54) is 12.1 Å². The number of hydrogen-bond acceptors (Lipinski definition) is 3. The van der Waals surface area contributed by atoms with Gasteiger partial charge in [-0.15, -0.1) is 11.3 Å². The number of thiophene rings is 1. The first-order valence-corrected chi connectivity index (χ1v) is 8.91. The van der Waals surface area contributed by atoms with Crippen LogP contribution in [0.15, 0.2) is 41.8 Å². The minimum Gasteiger partial charge on any atom is -0.484 e. The Bertz CT molecular complexity index is 702. The van der Waals surface area contributed by atoms with Crippen LogP contribution in [0, 0.1) is 0 Å². The molecular weight excluding hydrogens is 365 g/mol. The topological polar surface area (TPSA) is 41.6 Å². The van der Waals surface area contributed by atoms with Gasteiger partial charge >= 0.3 is 12.2 Å². The smallest absolute Gasteiger partial charge is 0.422 e. The van der Waals surface area contributed by atoms with Gasteiger partial charge in [0.05, 0.1) is 12.1 Å². The molecule has 2 rings (SSSR count). The van der Waals surface area contributed by atoms with Crippen molar-refractivity contribution in [3.05, 3.63) is 52.2 Å². The Balaban J connectivity index is 1.92. The summed E-state index contributed by atoms with van der Waals surface area (Å²) in [4.78, 5) is 15.1. The summed E-state index contributed by atoms with van der Waals surface area (Å²) < 4.78 is 41.2. The third kappa shape index (κ3) is 5.66. The van der Waals surface area contributed by atoms with Gasteiger partial charge in [-0.3, -0.25) is 0 Å². The van der Waals surface area contributed by atoms with Gasteiger partial charge in [-0.25, -0.2) is 4.79 Å². The third-order valence-electron chi connectivity index (χ3n) is 3.98. The van der Waals surface area contributed by atoms with Crippen molar-refractivity contribution in [1.82, 2.24) is 10.2 Å². The maximum Gasteiger partial charge on any atom is 0.422 e. The highest BCUT2D eigenvalue weighted by molar-refractivity contribution is 7.10. The SMILES string of the molecule is CC(NC(=O)N(C)C(C)c1cccs1)c1ccc(OCC(F)(F)F)cc1. The number of carbonyl (C=O) groups is 1. The van der Waals surface area contributed by atoms with Crippen molar-refractivity contribution >= 4 is 17.4 Å². The molecule has 2 atom stereocenters. The van der Waals surface area contributed by atoms with Crippen LogP contribution in [0.25, 0.3) is 0 Å². The molecule has 0 radical (unpaired) electrons. The van der Waals surface area contributed by atoms with Crippen molar-refractivity contribution < 1.29 is 22.7 Å². The van der Waals surface area contributed by atoms with Crippen LogP contribution >= 0.6 is 11.3 Å². The molecule has 1 heterocycles. The molecule has 0 aliphatic heterocycles. The number of urea groups is 1. The molecule has 2 aromatic rings. The number of ether oxygens (including phenoxy) is 1. The van der Waals surface area contributed by atoms with Gasteiger partial charge < -0.3 is 15.0 Å². The maximum absolute atomic E-state index is 12.4. The van der Waals surface area contributed by atoms with E-state index in [0.29, 0.717) is 0 Å². The first-order chi connectivity index (χ1) is 12.2. The van der Waals surface area contributed by atoms with E-state index >= 15 is 0 Å². The Kier molecular flexibility index (Phi) is 6.52. The molecule has 0 spiro atoms. The fourth-order valence-electron chi connectivity index (χ4n) is 2.28. The molecule has 0 fully saturated rings. The van der Waals surface area contributed by atoms with Crippen LogP contribution in [-0.4, -0.2) is 30.8 Å². The van der Waals surface area contributed by atoms with Gasteiger partial charge in [0.15, 0.2) is 6.61 Å². The summed E-state index contributed by atoms with van der Waals surface area (Å²) in [5.41, 5.74) is 0.773. The lowest BCUT2D eigenvalue weighted by atomic mass is 10.1. The van der Waals surface area contributed by atoms with E-state index in [0.717, 1.165) is 10.4 Å². The molecular formula is C18H21F3N2O2S. The largest absolute Gasteiger partial charge is 0.484 e. The first-order valence-electron chi connectivity index (χ1n) is 8.03. The minimum atomic E-state index is -4.37. The summed E-state index contributed by atoms with van der Waals surface area (Å²) in [6, 6.07) is 9.53. The van der Waals surface area contributed by atoms with E-state index in [9.17, 15) is 18.0 Å². The highest BCUT2D eigenvalue weighted by atomic mass is 32.1. The van der Waals surface area contributed by atoms with Crippen molar-refractivity contribution in [2.24, 2.45) is 0 Å². The van der Waals surface area contributed by atoms with Gasteiger partial charge in [0.1, 0.15) is 5.75 Å². The van der Waals surface area contributed by atoms with Crippen LogP contribution in [-0.2, 0) is 0 Å². The van der Waals surface area contributed by atoms with Gasteiger partial charge in [0, 0.05) is 11.9 Å². The van der Waals surface area contributed by atoms with E-state index in [4.69, 9.17) is 0 Å². The Morgan fingerprint density at radius 3 is 2.42 bits per heavy atom. The molecule has 0 saturated carbocycles. The number of benzene rings is 1. The minimum absolute atomic E-state index is 0.0552. The van der Waals surface area contributed by atoms with Gasteiger partial charge in [0.2, 0.25) is 0 Å². The molecule has 0 bridgehead atoms. The zero-order valence-electron chi connectivity index (χ0n) is 14.7. The Morgan fingerprint density at radius 1 is 1.23 bits per heavy atom. The lowest BCUT2D eigenvalue weighted by Crippen LogP contribution is -2.39. The molecule has 2 unspecified atom stereocenters. The molecule has 1 aromatic carbocycles. The van der Waals surface area contributed by atoms with Crippen LogP contribution in [0.2, 0.25) is 0 Å². The normalized spacial score (nSPS) is 13.8. The lowest BCUT2D eigenvalue weighted by Gasteiger charge is -2.26. The molecule has 142 valence electrons.